The van der Waals surface area contributed by atoms with Gasteiger partial charge in [-0.2, -0.15) is 0 Å². The molecule has 4 heteroatoms. The Morgan fingerprint density at radius 1 is 1.14 bits per heavy atom. The van der Waals surface area contributed by atoms with Crippen LogP contribution in [-0.4, -0.2) is 6.54 Å². The summed E-state index contributed by atoms with van der Waals surface area (Å²) in [5, 5.41) is 3.44. The number of benzene rings is 2. The molecule has 2 aromatic carbocycles. The maximum absolute atomic E-state index is 13.2. The van der Waals surface area contributed by atoms with Gasteiger partial charge in [0.15, 0.2) is 0 Å². The van der Waals surface area contributed by atoms with Gasteiger partial charge >= 0.3 is 0 Å². The van der Waals surface area contributed by atoms with Crippen LogP contribution in [0.15, 0.2) is 46.9 Å². The average Bonchev–Trinajstić information content (AvgIpc) is 2.49. The molecule has 2 nitrogen and oxygen atoms in total. The number of hydrogen-bond donors (Lipinski definition) is 1. The zero-order chi connectivity index (χ0) is 15.2. The molecule has 112 valence electrons. The van der Waals surface area contributed by atoms with Gasteiger partial charge in [0.25, 0.3) is 0 Å². The monoisotopic (exact) mass is 351 g/mol. The molecule has 0 aliphatic heterocycles. The molecule has 2 rings (SSSR count). The van der Waals surface area contributed by atoms with Gasteiger partial charge in [0.2, 0.25) is 0 Å². The highest BCUT2D eigenvalue weighted by Crippen LogP contribution is 2.27. The lowest BCUT2D eigenvalue weighted by molar-refractivity contribution is 0.479. The molecule has 2 aromatic rings. The van der Waals surface area contributed by atoms with E-state index in [1.54, 1.807) is 12.1 Å². The summed E-state index contributed by atoms with van der Waals surface area (Å²) in [5.41, 5.74) is 1.22. The highest BCUT2D eigenvalue weighted by Gasteiger charge is 2.06. The Labute approximate surface area is 133 Å². The second-order valence-corrected chi connectivity index (χ2v) is 5.78. The molecule has 0 saturated heterocycles. The van der Waals surface area contributed by atoms with Gasteiger partial charge in [-0.05, 0) is 71.7 Å². The van der Waals surface area contributed by atoms with Crippen LogP contribution in [0.1, 0.15) is 31.9 Å². The van der Waals surface area contributed by atoms with E-state index in [9.17, 15) is 4.39 Å². The van der Waals surface area contributed by atoms with Crippen LogP contribution in [-0.2, 0) is 0 Å². The van der Waals surface area contributed by atoms with Crippen molar-refractivity contribution in [2.24, 2.45) is 0 Å². The standard InChI is InChI=1S/C17H19BrFNO/c1-3-10-20-12(2)13-4-6-14(7-5-13)21-15-8-9-17(19)16(18)11-15/h4-9,11-12,20H,3,10H2,1-2H3. The van der Waals surface area contributed by atoms with E-state index in [4.69, 9.17) is 4.74 Å². The summed E-state index contributed by atoms with van der Waals surface area (Å²) in [6, 6.07) is 12.9. The fourth-order valence-corrected chi connectivity index (χ4v) is 2.34. The minimum atomic E-state index is -0.298. The maximum atomic E-state index is 13.2. The summed E-state index contributed by atoms with van der Waals surface area (Å²) >= 11 is 3.15. The van der Waals surface area contributed by atoms with Gasteiger partial charge in [0.1, 0.15) is 17.3 Å². The topological polar surface area (TPSA) is 21.3 Å². The van der Waals surface area contributed by atoms with E-state index < -0.39 is 0 Å². The normalized spacial score (nSPS) is 12.2. The van der Waals surface area contributed by atoms with Gasteiger partial charge in [0, 0.05) is 6.04 Å². The summed E-state index contributed by atoms with van der Waals surface area (Å²) in [4.78, 5) is 0. The van der Waals surface area contributed by atoms with Crippen molar-refractivity contribution in [2.45, 2.75) is 26.3 Å². The lowest BCUT2D eigenvalue weighted by atomic mass is 10.1. The average molecular weight is 352 g/mol. The van der Waals surface area contributed by atoms with E-state index in [-0.39, 0.29) is 5.82 Å². The highest BCUT2D eigenvalue weighted by molar-refractivity contribution is 9.10. The summed E-state index contributed by atoms with van der Waals surface area (Å²) in [5.74, 6) is 1.04. The van der Waals surface area contributed by atoms with Crippen molar-refractivity contribution >= 4 is 15.9 Å². The number of ether oxygens (including phenoxy) is 1. The molecular weight excluding hydrogens is 333 g/mol. The van der Waals surface area contributed by atoms with Gasteiger partial charge in [-0.3, -0.25) is 0 Å². The van der Waals surface area contributed by atoms with Crippen molar-refractivity contribution in [3.05, 3.63) is 58.3 Å². The minimum absolute atomic E-state index is 0.298. The lowest BCUT2D eigenvalue weighted by Gasteiger charge is -2.14. The molecule has 1 N–H and O–H groups in total. The molecule has 1 atom stereocenters. The third-order valence-corrected chi connectivity index (χ3v) is 3.82. The van der Waals surface area contributed by atoms with Crippen LogP contribution in [0.2, 0.25) is 0 Å². The van der Waals surface area contributed by atoms with E-state index in [0.717, 1.165) is 18.7 Å². The van der Waals surface area contributed by atoms with Gasteiger partial charge in [-0.1, -0.05) is 19.1 Å². The fraction of sp³-hybridized carbons (Fsp3) is 0.294. The largest absolute Gasteiger partial charge is 0.457 e. The van der Waals surface area contributed by atoms with Crippen LogP contribution >= 0.6 is 15.9 Å². The molecule has 0 aliphatic carbocycles. The van der Waals surface area contributed by atoms with Gasteiger partial charge < -0.3 is 10.1 Å². The Kier molecular flexibility index (Phi) is 5.76. The smallest absolute Gasteiger partial charge is 0.137 e. The van der Waals surface area contributed by atoms with Gasteiger partial charge in [0.05, 0.1) is 4.47 Å². The van der Waals surface area contributed by atoms with E-state index in [1.807, 2.05) is 24.3 Å². The summed E-state index contributed by atoms with van der Waals surface area (Å²) in [6.07, 6.45) is 1.12. The quantitative estimate of drug-likeness (QED) is 0.747. The zero-order valence-corrected chi connectivity index (χ0v) is 13.8. The highest BCUT2D eigenvalue weighted by atomic mass is 79.9. The Bertz CT molecular complexity index is 586. The molecule has 0 amide bonds. The lowest BCUT2D eigenvalue weighted by Crippen LogP contribution is -2.19. The van der Waals surface area contributed by atoms with Crippen LogP contribution in [0.4, 0.5) is 4.39 Å². The van der Waals surface area contributed by atoms with E-state index >= 15 is 0 Å². The van der Waals surface area contributed by atoms with E-state index in [1.165, 1.54) is 11.6 Å². The first-order chi connectivity index (χ1) is 10.1. The number of hydrogen-bond acceptors (Lipinski definition) is 2. The van der Waals surface area contributed by atoms with Crippen molar-refractivity contribution in [3.63, 3.8) is 0 Å². The summed E-state index contributed by atoms with van der Waals surface area (Å²) in [7, 11) is 0. The molecule has 0 aromatic heterocycles. The van der Waals surface area contributed by atoms with Crippen molar-refractivity contribution in [3.8, 4) is 11.5 Å². The van der Waals surface area contributed by atoms with Crippen molar-refractivity contribution < 1.29 is 9.13 Å². The SMILES string of the molecule is CCCNC(C)c1ccc(Oc2ccc(F)c(Br)c2)cc1. The van der Waals surface area contributed by atoms with E-state index in [0.29, 0.717) is 16.3 Å². The van der Waals surface area contributed by atoms with Crippen molar-refractivity contribution in [2.75, 3.05) is 6.54 Å². The molecule has 0 aliphatic rings. The summed E-state index contributed by atoms with van der Waals surface area (Å²) in [6.45, 7) is 5.29. The minimum Gasteiger partial charge on any atom is -0.457 e. The molecule has 0 radical (unpaired) electrons. The predicted molar refractivity (Wildman–Crippen MR) is 87.3 cm³/mol. The fourth-order valence-electron chi connectivity index (χ4n) is 1.98. The number of halogens is 2. The predicted octanol–water partition coefficient (Wildman–Crippen LogP) is 5.44. The molecule has 0 saturated carbocycles. The Balaban J connectivity index is 2.03. The molecule has 1 unspecified atom stereocenters. The molecule has 0 bridgehead atoms. The molecular formula is C17H19BrFNO. The Hall–Kier alpha value is -1.39. The first-order valence-corrected chi connectivity index (χ1v) is 7.85. The second kappa shape index (κ2) is 7.57. The van der Waals surface area contributed by atoms with Crippen LogP contribution in [0.5, 0.6) is 11.5 Å². The second-order valence-electron chi connectivity index (χ2n) is 4.92. The first-order valence-electron chi connectivity index (χ1n) is 7.06. The Morgan fingerprint density at radius 3 is 2.43 bits per heavy atom. The molecule has 0 spiro atoms. The van der Waals surface area contributed by atoms with Crippen molar-refractivity contribution in [1.29, 1.82) is 0 Å². The molecule has 0 heterocycles. The summed E-state index contributed by atoms with van der Waals surface area (Å²) < 4.78 is 19.3. The third-order valence-electron chi connectivity index (χ3n) is 3.21. The van der Waals surface area contributed by atoms with E-state index in [2.05, 4.69) is 35.1 Å². The van der Waals surface area contributed by atoms with Crippen LogP contribution in [0, 0.1) is 5.82 Å². The van der Waals surface area contributed by atoms with Gasteiger partial charge in [-0.25, -0.2) is 4.39 Å². The van der Waals surface area contributed by atoms with Crippen LogP contribution in [0.3, 0.4) is 0 Å². The van der Waals surface area contributed by atoms with Crippen LogP contribution in [0.25, 0.3) is 0 Å². The van der Waals surface area contributed by atoms with Crippen LogP contribution < -0.4 is 10.1 Å². The third kappa shape index (κ3) is 4.55. The number of rotatable bonds is 6. The molecule has 0 fully saturated rings. The first kappa shape index (κ1) is 16.0. The maximum Gasteiger partial charge on any atom is 0.137 e. The Morgan fingerprint density at radius 2 is 1.81 bits per heavy atom. The zero-order valence-electron chi connectivity index (χ0n) is 12.2. The number of nitrogens with one attached hydrogen (secondary N) is 1. The van der Waals surface area contributed by atoms with Gasteiger partial charge in [-0.15, -0.1) is 0 Å². The molecule has 21 heavy (non-hydrogen) atoms. The van der Waals surface area contributed by atoms with Crippen molar-refractivity contribution in [1.82, 2.24) is 5.32 Å².